The zero-order chi connectivity index (χ0) is 26.2. The normalized spacial score (nSPS) is 10.1. The average Bonchev–Trinajstić information content (AvgIpc) is 2.99. The van der Waals surface area contributed by atoms with Crippen molar-refractivity contribution in [2.45, 2.75) is 13.8 Å². The van der Waals surface area contributed by atoms with E-state index in [1.807, 2.05) is 116 Å². The fourth-order valence-corrected chi connectivity index (χ4v) is 4.18. The third-order valence-electron chi connectivity index (χ3n) is 6.03. The number of benzene rings is 3. The molecule has 6 aromatic rings. The van der Waals surface area contributed by atoms with Crippen LogP contribution in [0.4, 0.5) is 0 Å². The molecule has 4 heteroatoms. The van der Waals surface area contributed by atoms with Gasteiger partial charge in [0.25, 0.3) is 0 Å². The number of hydrogen-bond acceptors (Lipinski definition) is 3. The Morgan fingerprint density at radius 3 is 1.38 bits per heavy atom. The molecule has 190 valence electrons. The van der Waals surface area contributed by atoms with Gasteiger partial charge in [-0.05, 0) is 23.5 Å². The molecule has 0 unspecified atom stereocenters. The summed E-state index contributed by atoms with van der Waals surface area (Å²) < 4.78 is 0. The maximum atomic E-state index is 4.65. The van der Waals surface area contributed by atoms with E-state index in [0.29, 0.717) is 0 Å². The molecule has 39 heavy (non-hydrogen) atoms. The summed E-state index contributed by atoms with van der Waals surface area (Å²) in [6, 6.07) is 45.6. The van der Waals surface area contributed by atoms with Gasteiger partial charge in [-0.25, -0.2) is 0 Å². The molecule has 3 heterocycles. The van der Waals surface area contributed by atoms with Crippen LogP contribution in [0.15, 0.2) is 122 Å². The maximum Gasteiger partial charge on any atom is 3.00 e. The van der Waals surface area contributed by atoms with Gasteiger partial charge in [0.15, 0.2) is 0 Å². The van der Waals surface area contributed by atoms with Gasteiger partial charge in [0, 0.05) is 23.8 Å². The molecule has 0 fully saturated rings. The maximum absolute atomic E-state index is 4.65. The minimum atomic E-state index is 0. The topological polar surface area (TPSA) is 38.7 Å². The second-order valence-electron chi connectivity index (χ2n) is 8.78. The van der Waals surface area contributed by atoms with E-state index < -0.39 is 0 Å². The first kappa shape index (κ1) is 27.8. The van der Waals surface area contributed by atoms with E-state index in [1.54, 1.807) is 0 Å². The van der Waals surface area contributed by atoms with Crippen molar-refractivity contribution in [3.8, 4) is 45.0 Å². The molecule has 0 bridgehead atoms. The molecule has 0 atom stereocenters. The standard InChI is InChI=1S/C18H15N2.C17H11N.Ir/c1-13-11-14(2)16(18-8-4-6-10-20-18)12-15(13)17-7-3-5-9-19-17;1-3-8-14(9-4-1)16-12-7-13-17(18-16)15-10-5-2-6-11-15;/h3-11H,1-2H3;1-8,10,12-13H;/q-1;-2;+3. The molecule has 0 spiro atoms. The van der Waals surface area contributed by atoms with Gasteiger partial charge in [-0.2, -0.15) is 0 Å². The molecule has 0 saturated heterocycles. The van der Waals surface area contributed by atoms with Crippen LogP contribution < -0.4 is 0 Å². The van der Waals surface area contributed by atoms with Crippen molar-refractivity contribution in [1.82, 2.24) is 15.0 Å². The molecule has 0 aliphatic rings. The largest absolute Gasteiger partial charge is 3.00 e. The van der Waals surface area contributed by atoms with E-state index >= 15 is 0 Å². The van der Waals surface area contributed by atoms with Crippen molar-refractivity contribution in [2.24, 2.45) is 0 Å². The van der Waals surface area contributed by atoms with Crippen LogP contribution in [-0.2, 0) is 20.1 Å². The molecule has 0 aliphatic carbocycles. The van der Waals surface area contributed by atoms with Crippen molar-refractivity contribution in [3.63, 3.8) is 0 Å². The van der Waals surface area contributed by atoms with Gasteiger partial charge in [-0.1, -0.05) is 67.4 Å². The molecule has 0 N–H and O–H groups in total. The zero-order valence-electron chi connectivity index (χ0n) is 21.7. The Balaban J connectivity index is 0.000000177. The Kier molecular flexibility index (Phi) is 9.63. The summed E-state index contributed by atoms with van der Waals surface area (Å²) in [6.45, 7) is 4.19. The fraction of sp³-hybridized carbons (Fsp3) is 0.0571. The summed E-state index contributed by atoms with van der Waals surface area (Å²) in [7, 11) is 0. The molecule has 0 radical (unpaired) electrons. The van der Waals surface area contributed by atoms with E-state index in [0.717, 1.165) is 45.0 Å². The SMILES string of the molecule is Cc1cc(C)c(-c2ccccn2)[c-]c1-c1ccccn1.[Ir+3].[c-]1ccccc1-c1cccc(-c2[c-]cccc2)n1. The number of rotatable bonds is 4. The molecule has 3 aromatic heterocycles. The Labute approximate surface area is 244 Å². The number of nitrogens with zero attached hydrogens (tertiary/aromatic N) is 3. The first-order chi connectivity index (χ1) is 18.7. The van der Waals surface area contributed by atoms with E-state index in [1.165, 1.54) is 11.1 Å². The van der Waals surface area contributed by atoms with E-state index in [4.69, 9.17) is 0 Å². The first-order valence-electron chi connectivity index (χ1n) is 12.5. The number of hydrogen-bond donors (Lipinski definition) is 0. The predicted molar refractivity (Wildman–Crippen MR) is 154 cm³/mol. The van der Waals surface area contributed by atoms with Crippen molar-refractivity contribution >= 4 is 0 Å². The molecular weight excluding hydrogens is 655 g/mol. The van der Waals surface area contributed by atoms with Crippen LogP contribution in [0.2, 0.25) is 0 Å². The second kappa shape index (κ2) is 13.5. The van der Waals surface area contributed by atoms with Crippen LogP contribution >= 0.6 is 0 Å². The summed E-state index contributed by atoms with van der Waals surface area (Å²) in [5.41, 5.74) is 10.2. The van der Waals surface area contributed by atoms with Gasteiger partial charge in [0.2, 0.25) is 0 Å². The predicted octanol–water partition coefficient (Wildman–Crippen LogP) is 8.24. The van der Waals surface area contributed by atoms with E-state index in [2.05, 4.69) is 53.1 Å². The molecule has 0 saturated carbocycles. The van der Waals surface area contributed by atoms with Crippen LogP contribution in [0.3, 0.4) is 0 Å². The molecule has 0 aliphatic heterocycles. The summed E-state index contributed by atoms with van der Waals surface area (Å²) in [5, 5.41) is 0. The Morgan fingerprint density at radius 1 is 0.513 bits per heavy atom. The van der Waals surface area contributed by atoms with Crippen molar-refractivity contribution in [2.75, 3.05) is 0 Å². The van der Waals surface area contributed by atoms with Gasteiger partial charge in [-0.3, -0.25) is 9.97 Å². The average molecular weight is 681 g/mol. The third kappa shape index (κ3) is 7.00. The molecule has 6 rings (SSSR count). The first-order valence-corrected chi connectivity index (χ1v) is 12.5. The van der Waals surface area contributed by atoms with Gasteiger partial charge >= 0.3 is 20.1 Å². The van der Waals surface area contributed by atoms with Crippen LogP contribution in [0.5, 0.6) is 0 Å². The van der Waals surface area contributed by atoms with Crippen LogP contribution in [0, 0.1) is 32.0 Å². The quantitative estimate of drug-likeness (QED) is 0.176. The summed E-state index contributed by atoms with van der Waals surface area (Å²) in [6.07, 6.45) is 3.62. The number of pyridine rings is 3. The van der Waals surface area contributed by atoms with E-state index in [-0.39, 0.29) is 20.1 Å². The molecule has 3 nitrogen and oxygen atoms in total. The Morgan fingerprint density at radius 2 is 0.974 bits per heavy atom. The van der Waals surface area contributed by atoms with Crippen molar-refractivity contribution in [1.29, 1.82) is 0 Å². The van der Waals surface area contributed by atoms with Crippen LogP contribution in [-0.4, -0.2) is 15.0 Å². The smallest absolute Gasteiger partial charge is 0.345 e. The Bertz CT molecular complexity index is 1490. The van der Waals surface area contributed by atoms with Crippen LogP contribution in [0.1, 0.15) is 11.1 Å². The second-order valence-corrected chi connectivity index (χ2v) is 8.78. The van der Waals surface area contributed by atoms with Gasteiger partial charge in [-0.15, -0.1) is 95.1 Å². The third-order valence-corrected chi connectivity index (χ3v) is 6.03. The minimum Gasteiger partial charge on any atom is -0.345 e. The van der Waals surface area contributed by atoms with Gasteiger partial charge < -0.3 is 4.98 Å². The van der Waals surface area contributed by atoms with E-state index in [9.17, 15) is 0 Å². The van der Waals surface area contributed by atoms with Gasteiger partial charge in [0.1, 0.15) is 0 Å². The molecular formula is C35H26IrN3. The zero-order valence-corrected chi connectivity index (χ0v) is 24.1. The van der Waals surface area contributed by atoms with Crippen molar-refractivity contribution < 1.29 is 20.1 Å². The number of aromatic nitrogens is 3. The summed E-state index contributed by atoms with van der Waals surface area (Å²) >= 11 is 0. The van der Waals surface area contributed by atoms with Gasteiger partial charge in [0.05, 0.1) is 0 Å². The Hall–Kier alpha value is -4.24. The minimum absolute atomic E-state index is 0. The van der Waals surface area contributed by atoms with Crippen molar-refractivity contribution in [3.05, 3.63) is 151 Å². The molecule has 0 amide bonds. The monoisotopic (exact) mass is 681 g/mol. The summed E-state index contributed by atoms with van der Waals surface area (Å²) in [5.74, 6) is 0. The van der Waals surface area contributed by atoms with Crippen LogP contribution in [0.25, 0.3) is 45.0 Å². The number of aryl methyl sites for hydroxylation is 2. The fourth-order valence-electron chi connectivity index (χ4n) is 4.18. The summed E-state index contributed by atoms with van der Waals surface area (Å²) in [4.78, 5) is 13.5. The molecule has 3 aromatic carbocycles.